The number of carboxylic acid groups (broad SMARTS) is 1. The van der Waals surface area contributed by atoms with E-state index < -0.39 is 11.9 Å². The van der Waals surface area contributed by atoms with Gasteiger partial charge in [-0.25, -0.2) is 0 Å². The minimum Gasteiger partial charge on any atom is -0.543 e. The second-order valence-corrected chi connectivity index (χ2v) is 6.35. The Morgan fingerprint density at radius 2 is 1.60 bits per heavy atom. The van der Waals surface area contributed by atoms with Crippen molar-refractivity contribution in [2.75, 3.05) is 7.11 Å². The van der Waals surface area contributed by atoms with Gasteiger partial charge in [0.15, 0.2) is 11.5 Å². The van der Waals surface area contributed by atoms with Crippen LogP contribution in [-0.2, 0) is 11.4 Å². The lowest BCUT2D eigenvalue weighted by molar-refractivity contribution is -0.299. The molecule has 6 nitrogen and oxygen atoms in total. The van der Waals surface area contributed by atoms with Crippen molar-refractivity contribution >= 4 is 18.0 Å². The van der Waals surface area contributed by atoms with Gasteiger partial charge < -0.3 is 24.7 Å². The molecule has 1 N–H and O–H groups in total. The summed E-state index contributed by atoms with van der Waals surface area (Å²) in [5.74, 6) is -1.09. The summed E-state index contributed by atoms with van der Waals surface area (Å²) in [6.45, 7) is 0.365. The highest BCUT2D eigenvalue weighted by Crippen LogP contribution is 2.29. The number of carboxylic acids is 1. The third kappa shape index (κ3) is 5.48. The van der Waals surface area contributed by atoms with Gasteiger partial charge >= 0.3 is 0 Å². The molecule has 1 amide bonds. The third-order valence-corrected chi connectivity index (χ3v) is 4.24. The molecule has 3 rings (SSSR count). The van der Waals surface area contributed by atoms with E-state index in [0.29, 0.717) is 29.2 Å². The Balaban J connectivity index is 1.78. The zero-order valence-electron chi connectivity index (χ0n) is 16.3. The Morgan fingerprint density at radius 3 is 2.23 bits per heavy atom. The predicted octanol–water partition coefficient (Wildman–Crippen LogP) is 2.80. The molecule has 0 aliphatic heterocycles. The molecule has 3 aromatic carbocycles. The molecular formula is C24H20NO5-. The third-order valence-electron chi connectivity index (χ3n) is 4.24. The van der Waals surface area contributed by atoms with E-state index in [1.807, 2.05) is 30.3 Å². The van der Waals surface area contributed by atoms with Gasteiger partial charge in [-0.05, 0) is 41.5 Å². The van der Waals surface area contributed by atoms with Crippen molar-refractivity contribution in [3.05, 3.63) is 101 Å². The molecule has 0 fully saturated rings. The van der Waals surface area contributed by atoms with E-state index in [0.717, 1.165) is 5.56 Å². The molecule has 0 radical (unpaired) electrons. The summed E-state index contributed by atoms with van der Waals surface area (Å²) in [6, 6.07) is 23.0. The monoisotopic (exact) mass is 402 g/mol. The molecule has 0 aromatic heterocycles. The number of amides is 1. The molecule has 0 saturated carbocycles. The van der Waals surface area contributed by atoms with Crippen LogP contribution in [0.5, 0.6) is 11.5 Å². The molecular weight excluding hydrogens is 382 g/mol. The highest BCUT2D eigenvalue weighted by atomic mass is 16.5. The van der Waals surface area contributed by atoms with E-state index >= 15 is 0 Å². The van der Waals surface area contributed by atoms with Crippen LogP contribution in [0, 0.1) is 0 Å². The van der Waals surface area contributed by atoms with Crippen molar-refractivity contribution in [3.8, 4) is 11.5 Å². The van der Waals surface area contributed by atoms with E-state index in [1.165, 1.54) is 13.2 Å². The Bertz CT molecular complexity index is 1050. The molecule has 0 bridgehead atoms. The van der Waals surface area contributed by atoms with E-state index in [4.69, 9.17) is 9.47 Å². The van der Waals surface area contributed by atoms with Crippen molar-refractivity contribution in [2.45, 2.75) is 6.61 Å². The Hall–Kier alpha value is -4.06. The van der Waals surface area contributed by atoms with Crippen LogP contribution >= 0.6 is 0 Å². The Kier molecular flexibility index (Phi) is 6.84. The van der Waals surface area contributed by atoms with Crippen molar-refractivity contribution < 1.29 is 24.2 Å². The molecule has 0 spiro atoms. The first-order valence-corrected chi connectivity index (χ1v) is 9.21. The maximum absolute atomic E-state index is 12.3. The number of ether oxygens (including phenoxy) is 2. The number of benzene rings is 3. The summed E-state index contributed by atoms with van der Waals surface area (Å²) in [5, 5.41) is 13.9. The van der Waals surface area contributed by atoms with Gasteiger partial charge in [-0.3, -0.25) is 4.79 Å². The second kappa shape index (κ2) is 9.93. The molecule has 3 aromatic rings. The van der Waals surface area contributed by atoms with Crippen molar-refractivity contribution in [1.29, 1.82) is 0 Å². The summed E-state index contributed by atoms with van der Waals surface area (Å²) >= 11 is 0. The maximum Gasteiger partial charge on any atom is 0.255 e. The maximum atomic E-state index is 12.3. The average Bonchev–Trinajstić information content (AvgIpc) is 2.78. The second-order valence-electron chi connectivity index (χ2n) is 6.35. The number of carbonyl (C=O) groups excluding carboxylic acids is 2. The number of hydrogen-bond donors (Lipinski definition) is 1. The van der Waals surface area contributed by atoms with Crippen LogP contribution < -0.4 is 19.9 Å². The minimum atomic E-state index is -1.50. The first-order chi connectivity index (χ1) is 14.6. The summed E-state index contributed by atoms with van der Waals surface area (Å²) < 4.78 is 11.2. The summed E-state index contributed by atoms with van der Waals surface area (Å²) in [4.78, 5) is 23.8. The zero-order chi connectivity index (χ0) is 21.3. The van der Waals surface area contributed by atoms with Gasteiger partial charge in [-0.15, -0.1) is 0 Å². The van der Waals surface area contributed by atoms with Crippen molar-refractivity contribution in [3.63, 3.8) is 0 Å². The minimum absolute atomic E-state index is 0.340. The normalized spacial score (nSPS) is 10.9. The number of nitrogens with one attached hydrogen (secondary N) is 1. The molecule has 0 aliphatic carbocycles. The fourth-order valence-corrected chi connectivity index (χ4v) is 2.73. The lowest BCUT2D eigenvalue weighted by Gasteiger charge is -2.13. The SMILES string of the molecule is COc1cc(/C=C(/NC(=O)c2ccccc2)C(=O)[O-])ccc1OCc1ccccc1. The van der Waals surface area contributed by atoms with E-state index in [2.05, 4.69) is 5.32 Å². The summed E-state index contributed by atoms with van der Waals surface area (Å²) in [7, 11) is 1.50. The molecule has 0 heterocycles. The first-order valence-electron chi connectivity index (χ1n) is 9.21. The van der Waals surface area contributed by atoms with Gasteiger partial charge in [0.2, 0.25) is 0 Å². The quantitative estimate of drug-likeness (QED) is 0.586. The topological polar surface area (TPSA) is 87.7 Å². The number of aliphatic carboxylic acids is 1. The number of hydrogen-bond acceptors (Lipinski definition) is 5. The molecule has 0 unspecified atom stereocenters. The molecule has 0 atom stereocenters. The summed E-state index contributed by atoms with van der Waals surface area (Å²) in [6.07, 6.45) is 1.31. The van der Waals surface area contributed by atoms with E-state index in [1.54, 1.807) is 48.5 Å². The lowest BCUT2D eigenvalue weighted by atomic mass is 10.1. The van der Waals surface area contributed by atoms with Crippen molar-refractivity contribution in [1.82, 2.24) is 5.32 Å². The van der Waals surface area contributed by atoms with Crippen LogP contribution in [0.25, 0.3) is 6.08 Å². The van der Waals surface area contributed by atoms with Crippen LogP contribution in [0.3, 0.4) is 0 Å². The van der Waals surface area contributed by atoms with Crippen LogP contribution in [0.2, 0.25) is 0 Å². The summed E-state index contributed by atoms with van der Waals surface area (Å²) in [5.41, 5.74) is 1.49. The largest absolute Gasteiger partial charge is 0.543 e. The highest BCUT2D eigenvalue weighted by Gasteiger charge is 2.10. The fourth-order valence-electron chi connectivity index (χ4n) is 2.73. The standard InChI is InChI=1S/C24H21NO5/c1-29-22-15-18(12-13-21(22)30-16-17-8-4-2-5-9-17)14-20(24(27)28)25-23(26)19-10-6-3-7-11-19/h2-15H,16H2,1H3,(H,25,26)(H,27,28)/p-1/b20-14+. The van der Waals surface area contributed by atoms with Gasteiger partial charge in [0.05, 0.1) is 18.8 Å². The van der Waals surface area contributed by atoms with Crippen LogP contribution in [0.15, 0.2) is 84.6 Å². The van der Waals surface area contributed by atoms with Gasteiger partial charge in [0.1, 0.15) is 6.61 Å². The number of carbonyl (C=O) groups is 2. The van der Waals surface area contributed by atoms with Crippen LogP contribution in [0.4, 0.5) is 0 Å². The van der Waals surface area contributed by atoms with E-state index in [-0.39, 0.29) is 5.70 Å². The molecule has 152 valence electrons. The van der Waals surface area contributed by atoms with Gasteiger partial charge in [0.25, 0.3) is 5.91 Å². The smallest absolute Gasteiger partial charge is 0.255 e. The highest BCUT2D eigenvalue weighted by molar-refractivity contribution is 6.02. The molecule has 30 heavy (non-hydrogen) atoms. The average molecular weight is 402 g/mol. The molecule has 6 heteroatoms. The Morgan fingerprint density at radius 1 is 0.933 bits per heavy atom. The van der Waals surface area contributed by atoms with Gasteiger partial charge in [-0.2, -0.15) is 0 Å². The van der Waals surface area contributed by atoms with E-state index in [9.17, 15) is 14.7 Å². The predicted molar refractivity (Wildman–Crippen MR) is 111 cm³/mol. The lowest BCUT2D eigenvalue weighted by Crippen LogP contribution is -2.35. The fraction of sp³-hybridized carbons (Fsp3) is 0.0833. The first kappa shape index (κ1) is 20.7. The molecule has 0 saturated heterocycles. The Labute approximate surface area is 174 Å². The van der Waals surface area contributed by atoms with Gasteiger partial charge in [0, 0.05) is 5.56 Å². The van der Waals surface area contributed by atoms with Crippen molar-refractivity contribution in [2.24, 2.45) is 0 Å². The number of methoxy groups -OCH3 is 1. The zero-order valence-corrected chi connectivity index (χ0v) is 16.3. The van der Waals surface area contributed by atoms with Gasteiger partial charge in [-0.1, -0.05) is 54.6 Å². The van der Waals surface area contributed by atoms with Crippen LogP contribution in [-0.4, -0.2) is 19.0 Å². The number of rotatable bonds is 8. The molecule has 0 aliphatic rings. The van der Waals surface area contributed by atoms with Crippen LogP contribution in [0.1, 0.15) is 21.5 Å².